The number of hydrogen-bond acceptors (Lipinski definition) is 3. The van der Waals surface area contributed by atoms with Crippen molar-refractivity contribution in [2.45, 2.75) is 25.8 Å². The SMILES string of the molecule is Cc1cc(NC(=O)CNC2(C)CCNC2)ccc1Br. The van der Waals surface area contributed by atoms with Gasteiger partial charge in [-0.1, -0.05) is 15.9 Å². The van der Waals surface area contributed by atoms with Crippen molar-refractivity contribution < 1.29 is 4.79 Å². The monoisotopic (exact) mass is 325 g/mol. The highest BCUT2D eigenvalue weighted by atomic mass is 79.9. The molecule has 3 N–H and O–H groups in total. The Bertz CT molecular complexity index is 470. The summed E-state index contributed by atoms with van der Waals surface area (Å²) < 4.78 is 1.05. The second-order valence-electron chi connectivity index (χ2n) is 5.35. The topological polar surface area (TPSA) is 53.2 Å². The van der Waals surface area contributed by atoms with Crippen LogP contribution >= 0.6 is 15.9 Å². The molecule has 0 saturated carbocycles. The number of amides is 1. The molecular formula is C14H20BrN3O. The van der Waals surface area contributed by atoms with Gasteiger partial charge in [0.05, 0.1) is 6.54 Å². The number of nitrogens with one attached hydrogen (secondary N) is 3. The highest BCUT2D eigenvalue weighted by Crippen LogP contribution is 2.20. The van der Waals surface area contributed by atoms with E-state index in [1.165, 1.54) is 0 Å². The first kappa shape index (κ1) is 14.5. The van der Waals surface area contributed by atoms with Crippen molar-refractivity contribution >= 4 is 27.5 Å². The third-order valence-corrected chi connectivity index (χ3v) is 4.38. The molecule has 1 aromatic rings. The fourth-order valence-electron chi connectivity index (χ4n) is 2.19. The Labute approximate surface area is 122 Å². The van der Waals surface area contributed by atoms with Crippen molar-refractivity contribution in [3.05, 3.63) is 28.2 Å². The van der Waals surface area contributed by atoms with Gasteiger partial charge in [0.15, 0.2) is 0 Å². The Balaban J connectivity index is 1.85. The second-order valence-corrected chi connectivity index (χ2v) is 6.21. The van der Waals surface area contributed by atoms with Crippen molar-refractivity contribution in [1.82, 2.24) is 10.6 Å². The van der Waals surface area contributed by atoms with E-state index in [9.17, 15) is 4.79 Å². The lowest BCUT2D eigenvalue weighted by Crippen LogP contribution is -2.47. The van der Waals surface area contributed by atoms with Crippen LogP contribution in [0.5, 0.6) is 0 Å². The molecule has 104 valence electrons. The van der Waals surface area contributed by atoms with E-state index in [0.717, 1.165) is 35.2 Å². The summed E-state index contributed by atoms with van der Waals surface area (Å²) in [6, 6.07) is 5.80. The Kier molecular flexibility index (Phi) is 4.60. The summed E-state index contributed by atoms with van der Waals surface area (Å²) in [6.45, 7) is 6.41. The number of carbonyl (C=O) groups is 1. The standard InChI is InChI=1S/C14H20BrN3O/c1-10-7-11(3-4-12(10)15)18-13(19)8-17-14(2)5-6-16-9-14/h3-4,7,16-17H,5-6,8-9H2,1-2H3,(H,18,19). The number of halogens is 1. The molecule has 1 atom stereocenters. The van der Waals surface area contributed by atoms with Gasteiger partial charge in [-0.2, -0.15) is 0 Å². The van der Waals surface area contributed by atoms with Crippen molar-refractivity contribution in [2.24, 2.45) is 0 Å². The van der Waals surface area contributed by atoms with E-state index in [1.807, 2.05) is 25.1 Å². The van der Waals surface area contributed by atoms with Crippen LogP contribution in [0.3, 0.4) is 0 Å². The Morgan fingerprint density at radius 1 is 1.53 bits per heavy atom. The molecule has 0 bridgehead atoms. The van der Waals surface area contributed by atoms with Crippen LogP contribution in [-0.4, -0.2) is 31.1 Å². The van der Waals surface area contributed by atoms with Crippen molar-refractivity contribution in [3.8, 4) is 0 Å². The minimum absolute atomic E-state index is 0.00477. The molecule has 2 rings (SSSR count). The van der Waals surface area contributed by atoms with Gasteiger partial charge in [0, 0.05) is 22.2 Å². The first-order valence-corrected chi connectivity index (χ1v) is 7.30. The summed E-state index contributed by atoms with van der Waals surface area (Å²) in [6.07, 6.45) is 1.05. The number of aryl methyl sites for hydroxylation is 1. The highest BCUT2D eigenvalue weighted by molar-refractivity contribution is 9.10. The summed E-state index contributed by atoms with van der Waals surface area (Å²) in [5.74, 6) is -0.00477. The number of rotatable bonds is 4. The molecule has 1 aliphatic rings. The summed E-state index contributed by atoms with van der Waals surface area (Å²) in [7, 11) is 0. The van der Waals surface area contributed by atoms with E-state index >= 15 is 0 Å². The molecule has 19 heavy (non-hydrogen) atoms. The van der Waals surface area contributed by atoms with Crippen molar-refractivity contribution in [1.29, 1.82) is 0 Å². The zero-order valence-electron chi connectivity index (χ0n) is 11.3. The Hall–Kier alpha value is -0.910. The predicted molar refractivity (Wildman–Crippen MR) is 81.4 cm³/mol. The summed E-state index contributed by atoms with van der Waals surface area (Å²) in [5, 5.41) is 9.53. The zero-order valence-corrected chi connectivity index (χ0v) is 12.9. The maximum Gasteiger partial charge on any atom is 0.238 e. The van der Waals surface area contributed by atoms with Gasteiger partial charge in [-0.05, 0) is 50.6 Å². The summed E-state index contributed by atoms with van der Waals surface area (Å²) in [4.78, 5) is 11.9. The fourth-order valence-corrected chi connectivity index (χ4v) is 2.44. The van der Waals surface area contributed by atoms with Gasteiger partial charge < -0.3 is 16.0 Å². The molecule has 5 heteroatoms. The molecule has 0 aliphatic carbocycles. The normalized spacial score (nSPS) is 22.5. The molecular weight excluding hydrogens is 306 g/mol. The number of carbonyl (C=O) groups excluding carboxylic acids is 1. The van der Waals surface area contributed by atoms with Gasteiger partial charge in [-0.25, -0.2) is 0 Å². The first-order chi connectivity index (χ1) is 8.98. The van der Waals surface area contributed by atoms with Crippen LogP contribution in [0.25, 0.3) is 0 Å². The molecule has 1 fully saturated rings. The van der Waals surface area contributed by atoms with Crippen molar-refractivity contribution in [2.75, 3.05) is 25.0 Å². The van der Waals surface area contributed by atoms with E-state index < -0.39 is 0 Å². The molecule has 0 spiro atoms. The molecule has 1 saturated heterocycles. The zero-order chi connectivity index (χ0) is 13.9. The second kappa shape index (κ2) is 6.03. The molecule has 1 amide bonds. The lowest BCUT2D eigenvalue weighted by Gasteiger charge is -2.24. The smallest absolute Gasteiger partial charge is 0.238 e. The molecule has 1 heterocycles. The number of anilines is 1. The van der Waals surface area contributed by atoms with Gasteiger partial charge >= 0.3 is 0 Å². The molecule has 0 radical (unpaired) electrons. The third kappa shape index (κ3) is 4.03. The van der Waals surface area contributed by atoms with Crippen LogP contribution in [0, 0.1) is 6.92 Å². The highest BCUT2D eigenvalue weighted by Gasteiger charge is 2.28. The van der Waals surface area contributed by atoms with E-state index in [1.54, 1.807) is 0 Å². The van der Waals surface area contributed by atoms with Gasteiger partial charge in [0.2, 0.25) is 5.91 Å². The van der Waals surface area contributed by atoms with Gasteiger partial charge in [0.1, 0.15) is 0 Å². The average Bonchev–Trinajstić information content (AvgIpc) is 2.79. The van der Waals surface area contributed by atoms with Crippen LogP contribution in [0.4, 0.5) is 5.69 Å². The van der Waals surface area contributed by atoms with E-state index in [-0.39, 0.29) is 11.4 Å². The number of hydrogen-bond donors (Lipinski definition) is 3. The largest absolute Gasteiger partial charge is 0.325 e. The lowest BCUT2D eigenvalue weighted by atomic mass is 10.0. The summed E-state index contributed by atoms with van der Waals surface area (Å²) >= 11 is 3.45. The molecule has 0 aromatic heterocycles. The molecule has 1 unspecified atom stereocenters. The van der Waals surface area contributed by atoms with Crippen LogP contribution in [0.15, 0.2) is 22.7 Å². The van der Waals surface area contributed by atoms with Gasteiger partial charge in [-0.15, -0.1) is 0 Å². The lowest BCUT2D eigenvalue weighted by molar-refractivity contribution is -0.115. The summed E-state index contributed by atoms with van der Waals surface area (Å²) in [5.41, 5.74) is 1.98. The van der Waals surface area contributed by atoms with Crippen LogP contribution in [0.1, 0.15) is 18.9 Å². The molecule has 1 aromatic carbocycles. The molecule has 4 nitrogen and oxygen atoms in total. The van der Waals surface area contributed by atoms with Gasteiger partial charge in [-0.3, -0.25) is 4.79 Å². The minimum Gasteiger partial charge on any atom is -0.325 e. The maximum atomic E-state index is 11.9. The number of benzene rings is 1. The van der Waals surface area contributed by atoms with Crippen LogP contribution in [-0.2, 0) is 4.79 Å². The fraction of sp³-hybridized carbons (Fsp3) is 0.500. The average molecular weight is 326 g/mol. The van der Waals surface area contributed by atoms with Crippen LogP contribution < -0.4 is 16.0 Å². The Morgan fingerprint density at radius 3 is 2.95 bits per heavy atom. The van der Waals surface area contributed by atoms with Gasteiger partial charge in [0.25, 0.3) is 0 Å². The van der Waals surface area contributed by atoms with E-state index in [0.29, 0.717) is 6.54 Å². The third-order valence-electron chi connectivity index (χ3n) is 3.49. The first-order valence-electron chi connectivity index (χ1n) is 6.50. The molecule has 1 aliphatic heterocycles. The quantitative estimate of drug-likeness (QED) is 0.794. The van der Waals surface area contributed by atoms with E-state index in [2.05, 4.69) is 38.8 Å². The van der Waals surface area contributed by atoms with Crippen molar-refractivity contribution in [3.63, 3.8) is 0 Å². The maximum absolute atomic E-state index is 11.9. The van der Waals surface area contributed by atoms with Crippen LogP contribution in [0.2, 0.25) is 0 Å². The Morgan fingerprint density at radius 2 is 2.32 bits per heavy atom. The predicted octanol–water partition coefficient (Wildman–Crippen LogP) is 2.04. The van der Waals surface area contributed by atoms with E-state index in [4.69, 9.17) is 0 Å². The minimum atomic E-state index is -0.00477.